The molecule has 0 heterocycles. The zero-order valence-corrected chi connectivity index (χ0v) is 7.55. The molecule has 0 aromatic carbocycles. The highest BCUT2D eigenvalue weighted by atomic mass is 15.2. The van der Waals surface area contributed by atoms with Crippen molar-refractivity contribution in [2.45, 2.75) is 38.6 Å². The maximum Gasteiger partial charge on any atom is 0.00951 e. The standard InChI is InChI=1S/C9H20N2/c1-2-11(8-4-7-10)9-5-3-6-9/h9H,2-8,10H2,1H3. The number of hydrogen-bond donors (Lipinski definition) is 1. The summed E-state index contributed by atoms with van der Waals surface area (Å²) in [7, 11) is 0. The van der Waals surface area contributed by atoms with Crippen molar-refractivity contribution in [1.82, 2.24) is 4.90 Å². The van der Waals surface area contributed by atoms with Crippen molar-refractivity contribution in [3.05, 3.63) is 0 Å². The third-order valence-corrected chi connectivity index (χ3v) is 2.65. The third kappa shape index (κ3) is 2.46. The summed E-state index contributed by atoms with van der Waals surface area (Å²) in [4.78, 5) is 2.57. The second-order valence-corrected chi connectivity index (χ2v) is 3.36. The van der Waals surface area contributed by atoms with Crippen molar-refractivity contribution < 1.29 is 0 Å². The Kier molecular flexibility index (Phi) is 3.87. The van der Waals surface area contributed by atoms with Crippen LogP contribution in [0.4, 0.5) is 0 Å². The molecule has 11 heavy (non-hydrogen) atoms. The van der Waals surface area contributed by atoms with E-state index in [1.165, 1.54) is 32.4 Å². The number of nitrogens with zero attached hydrogens (tertiary/aromatic N) is 1. The van der Waals surface area contributed by atoms with Crippen molar-refractivity contribution in [2.24, 2.45) is 5.73 Å². The summed E-state index contributed by atoms with van der Waals surface area (Å²) in [5, 5.41) is 0. The molecule has 1 rings (SSSR count). The first-order valence-electron chi connectivity index (χ1n) is 4.82. The molecule has 1 aliphatic rings. The molecule has 2 heteroatoms. The SMILES string of the molecule is CCN(CCCN)C1CCC1. The van der Waals surface area contributed by atoms with Gasteiger partial charge in [-0.25, -0.2) is 0 Å². The minimum atomic E-state index is 0.837. The van der Waals surface area contributed by atoms with E-state index in [-0.39, 0.29) is 0 Å². The summed E-state index contributed by atoms with van der Waals surface area (Å²) in [5.74, 6) is 0. The fourth-order valence-corrected chi connectivity index (χ4v) is 1.65. The van der Waals surface area contributed by atoms with Gasteiger partial charge in [-0.1, -0.05) is 13.3 Å². The molecule has 0 atom stereocenters. The predicted octanol–water partition coefficient (Wildman–Crippen LogP) is 1.21. The highest BCUT2D eigenvalue weighted by Crippen LogP contribution is 2.24. The van der Waals surface area contributed by atoms with E-state index >= 15 is 0 Å². The van der Waals surface area contributed by atoms with Crippen LogP contribution in [-0.2, 0) is 0 Å². The van der Waals surface area contributed by atoms with Crippen LogP contribution in [0.5, 0.6) is 0 Å². The zero-order chi connectivity index (χ0) is 8.10. The van der Waals surface area contributed by atoms with Gasteiger partial charge in [-0.15, -0.1) is 0 Å². The van der Waals surface area contributed by atoms with Crippen LogP contribution < -0.4 is 5.73 Å². The van der Waals surface area contributed by atoms with Crippen LogP contribution in [0.25, 0.3) is 0 Å². The monoisotopic (exact) mass is 156 g/mol. The summed E-state index contributed by atoms with van der Waals surface area (Å²) in [6.07, 6.45) is 5.42. The Morgan fingerprint density at radius 2 is 2.18 bits per heavy atom. The van der Waals surface area contributed by atoms with Gasteiger partial charge in [0.05, 0.1) is 0 Å². The lowest BCUT2D eigenvalue weighted by Gasteiger charge is -2.36. The Bertz CT molecular complexity index is 99.7. The van der Waals surface area contributed by atoms with Crippen molar-refractivity contribution in [2.75, 3.05) is 19.6 Å². The molecule has 0 unspecified atom stereocenters. The summed E-state index contributed by atoms with van der Waals surface area (Å²) < 4.78 is 0. The molecule has 1 fully saturated rings. The lowest BCUT2D eigenvalue weighted by Crippen LogP contribution is -2.40. The molecule has 1 saturated carbocycles. The van der Waals surface area contributed by atoms with Gasteiger partial charge in [-0.3, -0.25) is 0 Å². The van der Waals surface area contributed by atoms with Crippen LogP contribution >= 0.6 is 0 Å². The Labute approximate surface area is 69.8 Å². The molecule has 0 amide bonds. The fraction of sp³-hybridized carbons (Fsp3) is 1.00. The second kappa shape index (κ2) is 4.73. The van der Waals surface area contributed by atoms with Gasteiger partial charge in [0.2, 0.25) is 0 Å². The Morgan fingerprint density at radius 3 is 2.55 bits per heavy atom. The molecule has 66 valence electrons. The molecule has 0 spiro atoms. The lowest BCUT2D eigenvalue weighted by molar-refractivity contribution is 0.133. The second-order valence-electron chi connectivity index (χ2n) is 3.36. The van der Waals surface area contributed by atoms with E-state index in [0.29, 0.717) is 0 Å². The van der Waals surface area contributed by atoms with Gasteiger partial charge in [0, 0.05) is 6.04 Å². The van der Waals surface area contributed by atoms with E-state index in [4.69, 9.17) is 5.73 Å². The molecule has 2 nitrogen and oxygen atoms in total. The number of nitrogens with two attached hydrogens (primary N) is 1. The van der Waals surface area contributed by atoms with Crippen LogP contribution in [0.15, 0.2) is 0 Å². The van der Waals surface area contributed by atoms with Gasteiger partial charge < -0.3 is 10.6 Å². The normalized spacial score (nSPS) is 18.8. The minimum Gasteiger partial charge on any atom is -0.330 e. The zero-order valence-electron chi connectivity index (χ0n) is 7.55. The van der Waals surface area contributed by atoms with Gasteiger partial charge in [-0.2, -0.15) is 0 Å². The average Bonchev–Trinajstić information content (AvgIpc) is 1.93. The maximum atomic E-state index is 5.46. The molecule has 0 radical (unpaired) electrons. The molecule has 1 aliphatic carbocycles. The van der Waals surface area contributed by atoms with Crippen molar-refractivity contribution in [1.29, 1.82) is 0 Å². The topological polar surface area (TPSA) is 29.3 Å². The van der Waals surface area contributed by atoms with Crippen LogP contribution in [0.1, 0.15) is 32.6 Å². The van der Waals surface area contributed by atoms with E-state index < -0.39 is 0 Å². The third-order valence-electron chi connectivity index (χ3n) is 2.65. The van der Waals surface area contributed by atoms with Crippen LogP contribution in [0, 0.1) is 0 Å². The first-order chi connectivity index (χ1) is 5.38. The number of hydrogen-bond acceptors (Lipinski definition) is 2. The average molecular weight is 156 g/mol. The van der Waals surface area contributed by atoms with Gasteiger partial charge in [0.15, 0.2) is 0 Å². The molecule has 2 N–H and O–H groups in total. The Balaban J connectivity index is 2.13. The van der Waals surface area contributed by atoms with E-state index in [2.05, 4.69) is 11.8 Å². The molecule has 0 bridgehead atoms. The lowest BCUT2D eigenvalue weighted by atomic mass is 9.91. The summed E-state index contributed by atoms with van der Waals surface area (Å²) in [6, 6.07) is 0.895. The van der Waals surface area contributed by atoms with Crippen molar-refractivity contribution in [3.63, 3.8) is 0 Å². The summed E-state index contributed by atoms with van der Waals surface area (Å²) in [5.41, 5.74) is 5.46. The first-order valence-corrected chi connectivity index (χ1v) is 4.82. The summed E-state index contributed by atoms with van der Waals surface area (Å²) in [6.45, 7) is 5.49. The number of rotatable bonds is 5. The molecular formula is C9H20N2. The maximum absolute atomic E-state index is 5.46. The van der Waals surface area contributed by atoms with Crippen LogP contribution in [-0.4, -0.2) is 30.6 Å². The van der Waals surface area contributed by atoms with E-state index in [0.717, 1.165) is 19.0 Å². The van der Waals surface area contributed by atoms with Gasteiger partial charge in [-0.05, 0) is 38.9 Å². The van der Waals surface area contributed by atoms with E-state index in [1.54, 1.807) is 0 Å². The van der Waals surface area contributed by atoms with Crippen LogP contribution in [0.3, 0.4) is 0 Å². The largest absolute Gasteiger partial charge is 0.330 e. The first kappa shape index (κ1) is 9.01. The molecule has 0 saturated heterocycles. The van der Waals surface area contributed by atoms with Gasteiger partial charge in [0.25, 0.3) is 0 Å². The van der Waals surface area contributed by atoms with Crippen LogP contribution in [0.2, 0.25) is 0 Å². The smallest absolute Gasteiger partial charge is 0.00951 e. The molecule has 0 aromatic rings. The highest BCUT2D eigenvalue weighted by molar-refractivity contribution is 4.79. The van der Waals surface area contributed by atoms with Gasteiger partial charge >= 0.3 is 0 Å². The predicted molar refractivity (Wildman–Crippen MR) is 48.6 cm³/mol. The summed E-state index contributed by atoms with van der Waals surface area (Å²) >= 11 is 0. The highest BCUT2D eigenvalue weighted by Gasteiger charge is 2.22. The molecule has 0 aliphatic heterocycles. The quantitative estimate of drug-likeness (QED) is 0.648. The fourth-order valence-electron chi connectivity index (χ4n) is 1.65. The Hall–Kier alpha value is -0.0800. The minimum absolute atomic E-state index is 0.837. The molecular weight excluding hydrogens is 136 g/mol. The molecule has 0 aromatic heterocycles. The Morgan fingerprint density at radius 1 is 1.45 bits per heavy atom. The van der Waals surface area contributed by atoms with E-state index in [1.807, 2.05) is 0 Å². The van der Waals surface area contributed by atoms with Crippen molar-refractivity contribution in [3.8, 4) is 0 Å². The van der Waals surface area contributed by atoms with Gasteiger partial charge in [0.1, 0.15) is 0 Å². The van der Waals surface area contributed by atoms with E-state index in [9.17, 15) is 0 Å². The van der Waals surface area contributed by atoms with Crippen molar-refractivity contribution >= 4 is 0 Å².